The van der Waals surface area contributed by atoms with Crippen LogP contribution in [0.15, 0.2) is 18.2 Å². The third kappa shape index (κ3) is 4.38. The molecule has 0 radical (unpaired) electrons. The second-order valence-corrected chi connectivity index (χ2v) is 4.53. The van der Waals surface area contributed by atoms with E-state index in [9.17, 15) is 22.4 Å². The predicted molar refractivity (Wildman–Crippen MR) is 63.7 cm³/mol. The molecule has 7 heteroatoms. The number of halogens is 5. The van der Waals surface area contributed by atoms with E-state index in [1.165, 1.54) is 0 Å². The summed E-state index contributed by atoms with van der Waals surface area (Å²) in [7, 11) is 0. The average Bonchev–Trinajstić information content (AvgIpc) is 2.34. The molecule has 1 amide bonds. The van der Waals surface area contributed by atoms with Crippen LogP contribution < -0.4 is 5.32 Å². The highest BCUT2D eigenvalue weighted by molar-refractivity contribution is 6.20. The Morgan fingerprint density at radius 3 is 2.58 bits per heavy atom. The number of carbonyl (C=O) groups excluding carboxylic acids is 1. The Hall–Kier alpha value is -1.30. The first-order valence-electron chi connectivity index (χ1n) is 5.54. The summed E-state index contributed by atoms with van der Waals surface area (Å²) in [5.74, 6) is -2.13. The summed E-state index contributed by atoms with van der Waals surface area (Å²) < 4.78 is 50.4. The molecule has 1 unspecified atom stereocenters. The van der Waals surface area contributed by atoms with Crippen LogP contribution in [0.2, 0.25) is 0 Å². The average molecular weight is 298 g/mol. The summed E-state index contributed by atoms with van der Waals surface area (Å²) in [4.78, 5) is 11.6. The summed E-state index contributed by atoms with van der Waals surface area (Å²) in [5, 5.41) is 2.09. The molecule has 1 aromatic carbocycles. The highest BCUT2D eigenvalue weighted by atomic mass is 35.5. The molecule has 0 aliphatic rings. The van der Waals surface area contributed by atoms with Crippen LogP contribution in [0.5, 0.6) is 0 Å². The van der Waals surface area contributed by atoms with Gasteiger partial charge in [-0.15, -0.1) is 11.6 Å². The molecule has 0 bridgehead atoms. The smallest absolute Gasteiger partial charge is 0.351 e. The van der Waals surface area contributed by atoms with Gasteiger partial charge in [0.1, 0.15) is 5.82 Å². The van der Waals surface area contributed by atoms with Crippen LogP contribution in [0.1, 0.15) is 29.3 Å². The van der Waals surface area contributed by atoms with Crippen LogP contribution in [0.3, 0.4) is 0 Å². The molecule has 0 aromatic heterocycles. The molecule has 1 N–H and O–H groups in total. The Morgan fingerprint density at radius 2 is 2.05 bits per heavy atom. The lowest BCUT2D eigenvalue weighted by atomic mass is 10.1. The van der Waals surface area contributed by atoms with Gasteiger partial charge in [0.25, 0.3) is 5.91 Å². The fourth-order valence-corrected chi connectivity index (χ4v) is 1.41. The molecule has 0 saturated heterocycles. The number of benzene rings is 1. The number of hydrogen-bond donors (Lipinski definition) is 1. The zero-order chi connectivity index (χ0) is 14.6. The van der Waals surface area contributed by atoms with Crippen LogP contribution in [-0.4, -0.2) is 17.8 Å². The van der Waals surface area contributed by atoms with Crippen LogP contribution >= 0.6 is 11.6 Å². The summed E-state index contributed by atoms with van der Waals surface area (Å²) in [6.45, 7) is 1.94. The van der Waals surface area contributed by atoms with Crippen molar-refractivity contribution in [2.75, 3.05) is 6.54 Å². The van der Waals surface area contributed by atoms with Gasteiger partial charge in [-0.3, -0.25) is 4.79 Å². The SMILES string of the molecule is CCC(Cl)CNC(=O)c1ccc(F)c(C(F)(F)F)c1. The number of hydrogen-bond acceptors (Lipinski definition) is 1. The molecule has 2 nitrogen and oxygen atoms in total. The van der Waals surface area contributed by atoms with Crippen LogP contribution in [0.25, 0.3) is 0 Å². The minimum Gasteiger partial charge on any atom is -0.351 e. The van der Waals surface area contributed by atoms with Crippen molar-refractivity contribution in [3.63, 3.8) is 0 Å². The maximum Gasteiger partial charge on any atom is 0.419 e. The van der Waals surface area contributed by atoms with E-state index in [1.807, 2.05) is 6.92 Å². The highest BCUT2D eigenvalue weighted by Crippen LogP contribution is 2.31. The Morgan fingerprint density at radius 1 is 1.42 bits per heavy atom. The van der Waals surface area contributed by atoms with Crippen molar-refractivity contribution in [3.05, 3.63) is 35.1 Å². The largest absolute Gasteiger partial charge is 0.419 e. The van der Waals surface area contributed by atoms with Crippen molar-refractivity contribution >= 4 is 17.5 Å². The van der Waals surface area contributed by atoms with Crippen LogP contribution in [0, 0.1) is 5.82 Å². The summed E-state index contributed by atoms with van der Waals surface area (Å²) in [6, 6.07) is 2.10. The number of amides is 1. The third-order valence-electron chi connectivity index (χ3n) is 2.46. The van der Waals surface area contributed by atoms with Crippen molar-refractivity contribution in [1.82, 2.24) is 5.32 Å². The fraction of sp³-hybridized carbons (Fsp3) is 0.417. The number of carbonyl (C=O) groups is 1. The lowest BCUT2D eigenvalue weighted by Gasteiger charge is -2.11. The zero-order valence-corrected chi connectivity index (χ0v) is 10.8. The first kappa shape index (κ1) is 15.8. The monoisotopic (exact) mass is 297 g/mol. The first-order valence-corrected chi connectivity index (χ1v) is 5.98. The van der Waals surface area contributed by atoms with E-state index in [0.29, 0.717) is 18.6 Å². The molecule has 1 rings (SSSR count). The van der Waals surface area contributed by atoms with Gasteiger partial charge in [0.05, 0.1) is 10.9 Å². The van der Waals surface area contributed by atoms with Crippen LogP contribution in [0.4, 0.5) is 17.6 Å². The quantitative estimate of drug-likeness (QED) is 0.668. The Bertz CT molecular complexity index is 462. The minimum absolute atomic E-state index is 0.135. The third-order valence-corrected chi connectivity index (χ3v) is 2.92. The second kappa shape index (κ2) is 6.23. The Balaban J connectivity index is 2.87. The second-order valence-electron chi connectivity index (χ2n) is 3.91. The van der Waals surface area contributed by atoms with E-state index in [2.05, 4.69) is 5.32 Å². The van der Waals surface area contributed by atoms with E-state index in [4.69, 9.17) is 11.6 Å². The normalized spacial score (nSPS) is 13.2. The molecule has 0 aliphatic carbocycles. The summed E-state index contributed by atoms with van der Waals surface area (Å²) in [6.07, 6.45) is -4.22. The Kier molecular flexibility index (Phi) is 5.17. The van der Waals surface area contributed by atoms with Gasteiger partial charge >= 0.3 is 6.18 Å². The molecule has 106 valence electrons. The zero-order valence-electron chi connectivity index (χ0n) is 10.0. The van der Waals surface area contributed by atoms with Crippen molar-refractivity contribution in [2.45, 2.75) is 24.9 Å². The lowest BCUT2D eigenvalue weighted by Crippen LogP contribution is -2.29. The topological polar surface area (TPSA) is 29.1 Å². The van der Waals surface area contributed by atoms with E-state index in [-0.39, 0.29) is 17.5 Å². The van der Waals surface area contributed by atoms with Gasteiger partial charge in [0.2, 0.25) is 0 Å². The number of alkyl halides is 4. The summed E-state index contributed by atoms with van der Waals surface area (Å²) >= 11 is 5.77. The van der Waals surface area contributed by atoms with Gasteiger partial charge in [-0.25, -0.2) is 4.39 Å². The standard InChI is InChI=1S/C12H12ClF4NO/c1-2-8(13)6-18-11(19)7-3-4-10(14)9(5-7)12(15,16)17/h3-5,8H,2,6H2,1H3,(H,18,19). The molecular formula is C12H12ClF4NO. The predicted octanol–water partition coefficient (Wildman–Crippen LogP) is 3.59. The molecule has 0 spiro atoms. The molecule has 0 saturated carbocycles. The molecule has 0 fully saturated rings. The van der Waals surface area contributed by atoms with E-state index in [1.54, 1.807) is 0 Å². The summed E-state index contributed by atoms with van der Waals surface area (Å²) in [5.41, 5.74) is -1.72. The van der Waals surface area contributed by atoms with E-state index >= 15 is 0 Å². The maximum atomic E-state index is 13.0. The van der Waals surface area contributed by atoms with Crippen LogP contribution in [-0.2, 0) is 6.18 Å². The molecule has 1 aromatic rings. The van der Waals surface area contributed by atoms with Gasteiger partial charge in [-0.05, 0) is 24.6 Å². The molecule has 0 heterocycles. The van der Waals surface area contributed by atoms with Crippen molar-refractivity contribution in [2.24, 2.45) is 0 Å². The number of rotatable bonds is 4. The molecule has 0 aliphatic heterocycles. The lowest BCUT2D eigenvalue weighted by molar-refractivity contribution is -0.140. The van der Waals surface area contributed by atoms with Gasteiger partial charge in [0.15, 0.2) is 0 Å². The number of nitrogens with one attached hydrogen (secondary N) is 1. The molecular weight excluding hydrogens is 286 g/mol. The van der Waals surface area contributed by atoms with Gasteiger partial charge in [-0.1, -0.05) is 6.92 Å². The first-order chi connectivity index (χ1) is 8.75. The Labute approximate surface area is 112 Å². The van der Waals surface area contributed by atoms with Crippen molar-refractivity contribution in [3.8, 4) is 0 Å². The molecule has 1 atom stereocenters. The minimum atomic E-state index is -4.83. The highest BCUT2D eigenvalue weighted by Gasteiger charge is 2.34. The van der Waals surface area contributed by atoms with Crippen molar-refractivity contribution in [1.29, 1.82) is 0 Å². The fourth-order valence-electron chi connectivity index (χ4n) is 1.33. The van der Waals surface area contributed by atoms with Gasteiger partial charge in [-0.2, -0.15) is 13.2 Å². The van der Waals surface area contributed by atoms with Gasteiger partial charge in [0, 0.05) is 12.1 Å². The molecule has 19 heavy (non-hydrogen) atoms. The van der Waals surface area contributed by atoms with E-state index in [0.717, 1.165) is 6.07 Å². The van der Waals surface area contributed by atoms with Gasteiger partial charge < -0.3 is 5.32 Å². The van der Waals surface area contributed by atoms with E-state index < -0.39 is 23.5 Å². The maximum absolute atomic E-state index is 13.0. The van der Waals surface area contributed by atoms with Crippen molar-refractivity contribution < 1.29 is 22.4 Å².